The van der Waals surface area contributed by atoms with Crippen molar-refractivity contribution in [3.05, 3.63) is 0 Å². The van der Waals surface area contributed by atoms with E-state index in [2.05, 4.69) is 10.6 Å². The van der Waals surface area contributed by atoms with Gasteiger partial charge >= 0.3 is 5.97 Å². The predicted octanol–water partition coefficient (Wildman–Crippen LogP) is 0.742. The zero-order valence-electron chi connectivity index (χ0n) is 16.4. The Morgan fingerprint density at radius 1 is 1.08 bits per heavy atom. The highest BCUT2D eigenvalue weighted by Gasteiger charge is 2.42. The largest absolute Gasteiger partial charge is 0.454 e. The molecule has 0 spiro atoms. The van der Waals surface area contributed by atoms with Crippen LogP contribution in [0, 0.1) is 0 Å². The van der Waals surface area contributed by atoms with Gasteiger partial charge in [0.25, 0.3) is 5.91 Å². The molecule has 2 N–H and O–H groups in total. The molecule has 8 heteroatoms. The molecule has 148 valence electrons. The first-order chi connectivity index (χ1) is 11.9. The quantitative estimate of drug-likeness (QED) is 0.672. The van der Waals surface area contributed by atoms with E-state index >= 15 is 0 Å². The number of nitrogens with one attached hydrogen (secondary N) is 2. The van der Waals surface area contributed by atoms with Crippen LogP contribution in [0.4, 0.5) is 0 Å². The molecule has 0 aliphatic heterocycles. The second-order valence-corrected chi connectivity index (χ2v) is 7.95. The summed E-state index contributed by atoms with van der Waals surface area (Å²) in [6.45, 7) is 6.32. The minimum absolute atomic E-state index is 0.121. The summed E-state index contributed by atoms with van der Waals surface area (Å²) in [6.07, 6.45) is 3.64. The Balaban J connectivity index is 2.57. The smallest absolute Gasteiger partial charge is 0.332 e. The zero-order valence-corrected chi connectivity index (χ0v) is 16.4. The van der Waals surface area contributed by atoms with Crippen molar-refractivity contribution in [3.63, 3.8) is 0 Å². The van der Waals surface area contributed by atoms with Crippen molar-refractivity contribution in [2.24, 2.45) is 0 Å². The van der Waals surface area contributed by atoms with E-state index in [1.54, 1.807) is 0 Å². The summed E-state index contributed by atoms with van der Waals surface area (Å²) in [7, 11) is 1.47. The number of nitrogens with zero attached hydrogens (tertiary/aromatic N) is 1. The normalized spacial score (nSPS) is 16.3. The summed E-state index contributed by atoms with van der Waals surface area (Å²) in [5, 5.41) is 5.46. The molecule has 0 aromatic carbocycles. The summed E-state index contributed by atoms with van der Waals surface area (Å²) >= 11 is 0. The fourth-order valence-corrected chi connectivity index (χ4v) is 3.01. The molecule has 26 heavy (non-hydrogen) atoms. The average Bonchev–Trinajstić information content (AvgIpc) is 2.50. The number of carbonyl (C=O) groups is 4. The Morgan fingerprint density at radius 3 is 2.15 bits per heavy atom. The zero-order chi connectivity index (χ0) is 20.0. The second-order valence-electron chi connectivity index (χ2n) is 7.95. The van der Waals surface area contributed by atoms with Crippen molar-refractivity contribution in [3.8, 4) is 0 Å². The fourth-order valence-electron chi connectivity index (χ4n) is 3.01. The summed E-state index contributed by atoms with van der Waals surface area (Å²) in [5.74, 6) is -1.66. The molecule has 0 atom stereocenters. The van der Waals surface area contributed by atoms with Gasteiger partial charge in [0.15, 0.2) is 6.61 Å². The van der Waals surface area contributed by atoms with Gasteiger partial charge in [0.2, 0.25) is 11.8 Å². The highest BCUT2D eigenvalue weighted by molar-refractivity contribution is 5.90. The van der Waals surface area contributed by atoms with E-state index in [4.69, 9.17) is 4.74 Å². The number of likely N-dealkylation sites (N-methyl/N-ethyl adjacent to an activating group) is 1. The fraction of sp³-hybridized carbons (Fsp3) is 0.778. The van der Waals surface area contributed by atoms with Gasteiger partial charge < -0.3 is 20.3 Å². The maximum absolute atomic E-state index is 12.5. The number of carbonyl (C=O) groups excluding carboxylic acids is 4. The molecule has 0 aromatic rings. The van der Waals surface area contributed by atoms with Crippen LogP contribution < -0.4 is 10.6 Å². The molecule has 1 aliphatic carbocycles. The van der Waals surface area contributed by atoms with Gasteiger partial charge in [-0.15, -0.1) is 0 Å². The molecule has 1 fully saturated rings. The van der Waals surface area contributed by atoms with Gasteiger partial charge in [-0.2, -0.15) is 0 Å². The van der Waals surface area contributed by atoms with Gasteiger partial charge in [0, 0.05) is 19.5 Å². The second kappa shape index (κ2) is 9.00. The first kappa shape index (κ1) is 21.9. The Morgan fingerprint density at radius 2 is 1.65 bits per heavy atom. The van der Waals surface area contributed by atoms with E-state index in [0.717, 1.165) is 19.3 Å². The van der Waals surface area contributed by atoms with Crippen LogP contribution in [0.2, 0.25) is 0 Å². The molecular weight excluding hydrogens is 338 g/mol. The van der Waals surface area contributed by atoms with Crippen LogP contribution in [0.1, 0.15) is 59.8 Å². The number of amides is 3. The lowest BCUT2D eigenvalue weighted by Gasteiger charge is -2.35. The number of hydrogen-bond acceptors (Lipinski definition) is 5. The van der Waals surface area contributed by atoms with Crippen molar-refractivity contribution >= 4 is 23.7 Å². The number of ether oxygens (including phenoxy) is 1. The summed E-state index contributed by atoms with van der Waals surface area (Å²) in [4.78, 5) is 49.2. The average molecular weight is 369 g/mol. The van der Waals surface area contributed by atoms with Crippen LogP contribution in [0.25, 0.3) is 0 Å². The topological polar surface area (TPSA) is 105 Å². The SMILES string of the molecule is CC(=O)NC1(C(=O)OCC(=O)N(C)CC(=O)NC(C)(C)C)CCCCC1. The molecule has 0 heterocycles. The minimum atomic E-state index is -1.05. The Labute approximate surface area is 155 Å². The van der Waals surface area contributed by atoms with Gasteiger partial charge in [0.05, 0.1) is 6.54 Å². The van der Waals surface area contributed by atoms with E-state index in [9.17, 15) is 19.2 Å². The lowest BCUT2D eigenvalue weighted by atomic mass is 9.81. The van der Waals surface area contributed by atoms with Crippen molar-refractivity contribution in [1.82, 2.24) is 15.5 Å². The van der Waals surface area contributed by atoms with E-state index in [1.165, 1.54) is 18.9 Å². The molecule has 1 saturated carbocycles. The van der Waals surface area contributed by atoms with Crippen LogP contribution in [-0.4, -0.2) is 59.9 Å². The summed E-state index contributed by atoms with van der Waals surface area (Å²) in [6, 6.07) is 0. The van der Waals surface area contributed by atoms with Crippen LogP contribution in [0.3, 0.4) is 0 Å². The van der Waals surface area contributed by atoms with Gasteiger partial charge in [-0.1, -0.05) is 19.3 Å². The molecule has 8 nitrogen and oxygen atoms in total. The maximum atomic E-state index is 12.5. The predicted molar refractivity (Wildman–Crippen MR) is 96.1 cm³/mol. The van der Waals surface area contributed by atoms with E-state index < -0.39 is 24.0 Å². The van der Waals surface area contributed by atoms with Crippen LogP contribution >= 0.6 is 0 Å². The molecule has 1 aliphatic rings. The third-order valence-electron chi connectivity index (χ3n) is 4.16. The molecule has 0 unspecified atom stereocenters. The number of hydrogen-bond donors (Lipinski definition) is 2. The summed E-state index contributed by atoms with van der Waals surface area (Å²) < 4.78 is 5.17. The molecule has 0 radical (unpaired) electrons. The Bertz CT molecular complexity index is 548. The number of rotatable bonds is 6. The van der Waals surface area contributed by atoms with Gasteiger partial charge in [-0.05, 0) is 33.6 Å². The Kier molecular flexibility index (Phi) is 7.59. The maximum Gasteiger partial charge on any atom is 0.332 e. The van der Waals surface area contributed by atoms with Crippen LogP contribution in [0.5, 0.6) is 0 Å². The lowest BCUT2D eigenvalue weighted by Crippen LogP contribution is -2.56. The van der Waals surface area contributed by atoms with E-state index in [0.29, 0.717) is 12.8 Å². The molecule has 1 rings (SSSR count). The minimum Gasteiger partial charge on any atom is -0.454 e. The monoisotopic (exact) mass is 369 g/mol. The third kappa shape index (κ3) is 7.01. The van der Waals surface area contributed by atoms with E-state index in [-0.39, 0.29) is 23.9 Å². The standard InChI is InChI=1S/C18H31N3O5/c1-13(22)19-18(9-7-6-8-10-18)16(25)26-12-15(24)21(5)11-14(23)20-17(2,3)4/h6-12H2,1-5H3,(H,19,22)(H,20,23). The van der Waals surface area contributed by atoms with Crippen molar-refractivity contribution in [1.29, 1.82) is 0 Å². The molecule has 0 aromatic heterocycles. The highest BCUT2D eigenvalue weighted by Crippen LogP contribution is 2.29. The molecule has 3 amide bonds. The molecule has 0 saturated heterocycles. The number of esters is 1. The van der Waals surface area contributed by atoms with Gasteiger partial charge in [-0.3, -0.25) is 14.4 Å². The molecular formula is C18H31N3O5. The van der Waals surface area contributed by atoms with Gasteiger partial charge in [0.1, 0.15) is 5.54 Å². The first-order valence-corrected chi connectivity index (χ1v) is 8.96. The first-order valence-electron chi connectivity index (χ1n) is 8.96. The van der Waals surface area contributed by atoms with Crippen molar-refractivity contribution in [2.75, 3.05) is 20.2 Å². The van der Waals surface area contributed by atoms with Crippen LogP contribution in [0.15, 0.2) is 0 Å². The highest BCUT2D eigenvalue weighted by atomic mass is 16.5. The van der Waals surface area contributed by atoms with Crippen LogP contribution in [-0.2, 0) is 23.9 Å². The van der Waals surface area contributed by atoms with Gasteiger partial charge in [-0.25, -0.2) is 4.79 Å². The Hall–Kier alpha value is -2.12. The lowest BCUT2D eigenvalue weighted by molar-refractivity contribution is -0.160. The third-order valence-corrected chi connectivity index (χ3v) is 4.16. The van der Waals surface area contributed by atoms with Crippen molar-refractivity contribution < 1.29 is 23.9 Å². The molecule has 0 bridgehead atoms. The van der Waals surface area contributed by atoms with Crippen molar-refractivity contribution in [2.45, 2.75) is 70.9 Å². The van der Waals surface area contributed by atoms with E-state index in [1.807, 2.05) is 20.8 Å². The summed E-state index contributed by atoms with van der Waals surface area (Å²) in [5.41, 5.74) is -1.44.